The number of hydrogen-bond donors (Lipinski definition) is 2. The molecule has 0 unspecified atom stereocenters. The van der Waals surface area contributed by atoms with E-state index in [9.17, 15) is 4.79 Å². The molecule has 0 aliphatic heterocycles. The van der Waals surface area contributed by atoms with Crippen LogP contribution in [0.3, 0.4) is 0 Å². The molecule has 0 saturated carbocycles. The van der Waals surface area contributed by atoms with Gasteiger partial charge in [-0.3, -0.25) is 0 Å². The molecule has 0 atom stereocenters. The molecular weight excluding hydrogens is 296 g/mol. The largest absolute Gasteiger partial charge is 0.491 e. The highest BCUT2D eigenvalue weighted by Crippen LogP contribution is 2.22. The lowest BCUT2D eigenvalue weighted by Gasteiger charge is -2.13. The molecule has 1 aromatic heterocycles. The number of benzene rings is 1. The van der Waals surface area contributed by atoms with E-state index in [-0.39, 0.29) is 12.1 Å². The summed E-state index contributed by atoms with van der Waals surface area (Å²) in [4.78, 5) is 16.0. The maximum Gasteiger partial charge on any atom is 0.319 e. The average Bonchev–Trinajstić information content (AvgIpc) is 2.87. The molecule has 23 heavy (non-hydrogen) atoms. The molecule has 1 aromatic carbocycles. The van der Waals surface area contributed by atoms with E-state index in [1.807, 2.05) is 39.0 Å². The third-order valence-corrected chi connectivity index (χ3v) is 3.01. The molecule has 7 heteroatoms. The Balaban J connectivity index is 1.82. The highest BCUT2D eigenvalue weighted by Gasteiger charge is 2.07. The minimum atomic E-state index is -0.276. The van der Waals surface area contributed by atoms with Crippen molar-refractivity contribution < 1.29 is 14.1 Å². The summed E-state index contributed by atoms with van der Waals surface area (Å²) in [7, 11) is 0. The Morgan fingerprint density at radius 3 is 2.74 bits per heavy atom. The Morgan fingerprint density at radius 2 is 2.13 bits per heavy atom. The summed E-state index contributed by atoms with van der Waals surface area (Å²) in [5.41, 5.74) is 1.68. The first-order valence-electron chi connectivity index (χ1n) is 7.55. The predicted octanol–water partition coefficient (Wildman–Crippen LogP) is 2.84. The second kappa shape index (κ2) is 7.62. The van der Waals surface area contributed by atoms with Crippen molar-refractivity contribution in [2.75, 3.05) is 11.9 Å². The summed E-state index contributed by atoms with van der Waals surface area (Å²) < 4.78 is 10.6. The van der Waals surface area contributed by atoms with Gasteiger partial charge in [0.05, 0.1) is 6.10 Å². The highest BCUT2D eigenvalue weighted by molar-refractivity contribution is 5.90. The molecule has 0 aliphatic carbocycles. The number of ether oxygens (including phenoxy) is 1. The number of hydrogen-bond acceptors (Lipinski definition) is 5. The Bertz CT molecular complexity index is 667. The van der Waals surface area contributed by atoms with E-state index in [2.05, 4.69) is 20.8 Å². The van der Waals surface area contributed by atoms with Gasteiger partial charge >= 0.3 is 6.03 Å². The van der Waals surface area contributed by atoms with Crippen molar-refractivity contribution in [2.24, 2.45) is 0 Å². The van der Waals surface area contributed by atoms with Crippen LogP contribution in [0.5, 0.6) is 5.75 Å². The molecule has 0 spiro atoms. The topological polar surface area (TPSA) is 89.3 Å². The predicted molar refractivity (Wildman–Crippen MR) is 86.7 cm³/mol. The molecular formula is C16H22N4O3. The van der Waals surface area contributed by atoms with Crippen LogP contribution in [0.25, 0.3) is 0 Å². The van der Waals surface area contributed by atoms with Crippen LogP contribution in [-0.2, 0) is 6.42 Å². The number of amides is 2. The van der Waals surface area contributed by atoms with Crippen LogP contribution in [0.15, 0.2) is 22.7 Å². The number of nitrogens with one attached hydrogen (secondary N) is 2. The number of carbonyl (C=O) groups is 1. The van der Waals surface area contributed by atoms with E-state index >= 15 is 0 Å². The van der Waals surface area contributed by atoms with Crippen molar-refractivity contribution in [1.29, 1.82) is 0 Å². The smallest absolute Gasteiger partial charge is 0.319 e. The fourth-order valence-electron chi connectivity index (χ4n) is 2.01. The van der Waals surface area contributed by atoms with Gasteiger partial charge in [0.15, 0.2) is 5.82 Å². The quantitative estimate of drug-likeness (QED) is 0.855. The van der Waals surface area contributed by atoms with E-state index in [0.29, 0.717) is 24.7 Å². The van der Waals surface area contributed by atoms with Crippen molar-refractivity contribution in [3.05, 3.63) is 35.5 Å². The van der Waals surface area contributed by atoms with Gasteiger partial charge in [-0.25, -0.2) is 4.79 Å². The van der Waals surface area contributed by atoms with Crippen molar-refractivity contribution in [3.8, 4) is 5.75 Å². The fourth-order valence-corrected chi connectivity index (χ4v) is 2.01. The highest BCUT2D eigenvalue weighted by atomic mass is 16.5. The lowest BCUT2D eigenvalue weighted by molar-refractivity contribution is 0.242. The lowest BCUT2D eigenvalue weighted by Crippen LogP contribution is -2.30. The molecule has 2 aromatic rings. The molecule has 2 amide bonds. The van der Waals surface area contributed by atoms with Gasteiger partial charge in [-0.2, -0.15) is 4.98 Å². The third kappa shape index (κ3) is 5.28. The van der Waals surface area contributed by atoms with Gasteiger partial charge in [-0.1, -0.05) is 5.16 Å². The van der Waals surface area contributed by atoms with Gasteiger partial charge < -0.3 is 19.9 Å². The van der Waals surface area contributed by atoms with Crippen LogP contribution in [0.4, 0.5) is 10.5 Å². The Labute approximate surface area is 135 Å². The number of aryl methyl sites for hydroxylation is 2. The number of carbonyl (C=O) groups excluding carboxylic acids is 1. The molecule has 0 saturated heterocycles. The average molecular weight is 318 g/mol. The first-order valence-corrected chi connectivity index (χ1v) is 7.55. The van der Waals surface area contributed by atoms with E-state index in [0.717, 1.165) is 17.0 Å². The molecule has 124 valence electrons. The van der Waals surface area contributed by atoms with Crippen LogP contribution in [0.1, 0.15) is 31.1 Å². The molecule has 2 rings (SSSR count). The van der Waals surface area contributed by atoms with Crippen LogP contribution < -0.4 is 15.4 Å². The van der Waals surface area contributed by atoms with Crippen molar-refractivity contribution in [1.82, 2.24) is 15.5 Å². The van der Waals surface area contributed by atoms with Crippen molar-refractivity contribution in [3.63, 3.8) is 0 Å². The Morgan fingerprint density at radius 1 is 1.35 bits per heavy atom. The normalized spacial score (nSPS) is 10.7. The van der Waals surface area contributed by atoms with Gasteiger partial charge in [0.2, 0.25) is 5.89 Å². The van der Waals surface area contributed by atoms with Gasteiger partial charge in [0, 0.05) is 18.7 Å². The molecule has 0 radical (unpaired) electrons. The minimum Gasteiger partial charge on any atom is -0.491 e. The number of aromatic nitrogens is 2. The Hall–Kier alpha value is -2.57. The third-order valence-electron chi connectivity index (χ3n) is 3.01. The van der Waals surface area contributed by atoms with Gasteiger partial charge in [0.25, 0.3) is 0 Å². The summed E-state index contributed by atoms with van der Waals surface area (Å²) in [5.74, 6) is 1.88. The minimum absolute atomic E-state index is 0.116. The molecule has 0 bridgehead atoms. The monoisotopic (exact) mass is 318 g/mol. The second-order valence-corrected chi connectivity index (χ2v) is 5.51. The van der Waals surface area contributed by atoms with E-state index in [1.165, 1.54) is 0 Å². The molecule has 1 heterocycles. The maximum atomic E-state index is 11.9. The number of urea groups is 1. The summed E-state index contributed by atoms with van der Waals surface area (Å²) in [6, 6.07) is 5.29. The zero-order chi connectivity index (χ0) is 16.8. The Kier molecular flexibility index (Phi) is 5.56. The summed E-state index contributed by atoms with van der Waals surface area (Å²) in [6.45, 7) is 8.04. The van der Waals surface area contributed by atoms with Gasteiger partial charge in [0.1, 0.15) is 5.75 Å². The SMILES string of the molecule is Cc1noc(CCNC(=O)Nc2ccc(OC(C)C)cc2C)n1. The maximum absolute atomic E-state index is 11.9. The summed E-state index contributed by atoms with van der Waals surface area (Å²) >= 11 is 0. The first kappa shape index (κ1) is 16.8. The zero-order valence-corrected chi connectivity index (χ0v) is 13.8. The van der Waals surface area contributed by atoms with E-state index in [4.69, 9.17) is 9.26 Å². The zero-order valence-electron chi connectivity index (χ0n) is 13.8. The van der Waals surface area contributed by atoms with Crippen molar-refractivity contribution >= 4 is 11.7 Å². The fraction of sp³-hybridized carbons (Fsp3) is 0.438. The second-order valence-electron chi connectivity index (χ2n) is 5.51. The van der Waals surface area contributed by atoms with Crippen molar-refractivity contribution in [2.45, 2.75) is 40.2 Å². The molecule has 0 aliphatic rings. The van der Waals surface area contributed by atoms with Crippen LogP contribution in [-0.4, -0.2) is 28.8 Å². The lowest BCUT2D eigenvalue weighted by atomic mass is 10.2. The number of anilines is 1. The number of nitrogens with zero attached hydrogens (tertiary/aromatic N) is 2. The van der Waals surface area contributed by atoms with Crippen LogP contribution >= 0.6 is 0 Å². The van der Waals surface area contributed by atoms with E-state index in [1.54, 1.807) is 6.92 Å². The first-order chi connectivity index (χ1) is 10.9. The number of rotatable bonds is 6. The van der Waals surface area contributed by atoms with Crippen LogP contribution in [0.2, 0.25) is 0 Å². The standard InChI is InChI=1S/C16H22N4O3/c1-10(2)22-13-5-6-14(11(3)9-13)19-16(21)17-8-7-15-18-12(4)20-23-15/h5-6,9-10H,7-8H2,1-4H3,(H2,17,19,21). The molecule has 7 nitrogen and oxygen atoms in total. The molecule has 2 N–H and O–H groups in total. The summed E-state index contributed by atoms with van der Waals surface area (Å²) in [6.07, 6.45) is 0.610. The van der Waals surface area contributed by atoms with Gasteiger partial charge in [-0.15, -0.1) is 0 Å². The van der Waals surface area contributed by atoms with Crippen LogP contribution in [0, 0.1) is 13.8 Å². The van der Waals surface area contributed by atoms with E-state index < -0.39 is 0 Å². The van der Waals surface area contributed by atoms with Gasteiger partial charge in [-0.05, 0) is 51.5 Å². The summed E-state index contributed by atoms with van der Waals surface area (Å²) in [5, 5.41) is 9.26. The molecule has 0 fully saturated rings.